The van der Waals surface area contributed by atoms with Crippen LogP contribution in [-0.4, -0.2) is 21.0 Å². The van der Waals surface area contributed by atoms with E-state index in [2.05, 4.69) is 20.6 Å². The number of hydrogen-bond donors (Lipinski definition) is 2. The summed E-state index contributed by atoms with van der Waals surface area (Å²) in [5.74, 6) is 0.231. The van der Waals surface area contributed by atoms with Crippen molar-refractivity contribution in [1.82, 2.24) is 15.3 Å². The van der Waals surface area contributed by atoms with Gasteiger partial charge in [0.2, 0.25) is 5.89 Å². The van der Waals surface area contributed by atoms with Crippen LogP contribution in [0, 0.1) is 0 Å². The van der Waals surface area contributed by atoms with Crippen molar-refractivity contribution >= 4 is 40.0 Å². The lowest BCUT2D eigenvalue weighted by atomic mass is 10.0. The van der Waals surface area contributed by atoms with Crippen LogP contribution in [0.4, 0.5) is 5.69 Å². The molecule has 0 aliphatic heterocycles. The van der Waals surface area contributed by atoms with Crippen molar-refractivity contribution in [2.45, 2.75) is 0 Å². The zero-order valence-electron chi connectivity index (χ0n) is 17.4. The number of hydrogen-bond acceptors (Lipinski definition) is 5. The first kappa shape index (κ1) is 20.5. The summed E-state index contributed by atoms with van der Waals surface area (Å²) >= 11 is 5.33. The molecule has 5 rings (SSSR count). The fraction of sp³-hybridized carbons (Fsp3) is 0. The molecule has 0 fully saturated rings. The van der Waals surface area contributed by atoms with Gasteiger partial charge < -0.3 is 9.73 Å². The minimum absolute atomic E-state index is 0.198. The Labute approximate surface area is 195 Å². The summed E-state index contributed by atoms with van der Waals surface area (Å²) in [5, 5.41) is 5.94. The highest BCUT2D eigenvalue weighted by Gasteiger charge is 2.11. The molecule has 2 heterocycles. The van der Waals surface area contributed by atoms with Crippen LogP contribution < -0.4 is 10.6 Å². The largest absolute Gasteiger partial charge is 0.436 e. The number of nitrogens with zero attached hydrogens (tertiary/aromatic N) is 2. The van der Waals surface area contributed by atoms with Crippen molar-refractivity contribution in [3.8, 4) is 22.6 Å². The molecule has 0 aliphatic rings. The Hall–Kier alpha value is -4.36. The van der Waals surface area contributed by atoms with Crippen molar-refractivity contribution in [2.75, 3.05) is 5.32 Å². The SMILES string of the molecule is O=C(NC(=S)Nc1ccc2oc(-c3ccncc3)nc2c1)c1ccc(-c2ccccc2)cc1. The molecule has 2 N–H and O–H groups in total. The van der Waals surface area contributed by atoms with Crippen LogP contribution in [-0.2, 0) is 0 Å². The lowest BCUT2D eigenvalue weighted by molar-refractivity contribution is 0.0977. The van der Waals surface area contributed by atoms with Crippen molar-refractivity contribution in [3.63, 3.8) is 0 Å². The molecule has 0 unspecified atom stereocenters. The molecule has 6 nitrogen and oxygen atoms in total. The van der Waals surface area contributed by atoms with Crippen LogP contribution in [0.3, 0.4) is 0 Å². The number of rotatable bonds is 4. The molecule has 0 saturated carbocycles. The number of nitrogens with one attached hydrogen (secondary N) is 2. The number of fused-ring (bicyclic) bond motifs is 1. The first-order valence-electron chi connectivity index (χ1n) is 10.2. The Balaban J connectivity index is 1.25. The maximum absolute atomic E-state index is 12.6. The molecule has 0 radical (unpaired) electrons. The third kappa shape index (κ3) is 4.63. The van der Waals surface area contributed by atoms with Gasteiger partial charge in [0.1, 0.15) is 5.52 Å². The quantitative estimate of drug-likeness (QED) is 0.343. The van der Waals surface area contributed by atoms with Crippen LogP contribution in [0.2, 0.25) is 0 Å². The topological polar surface area (TPSA) is 80.0 Å². The minimum Gasteiger partial charge on any atom is -0.436 e. The molecule has 0 atom stereocenters. The molecule has 7 heteroatoms. The van der Waals surface area contributed by atoms with Crippen molar-refractivity contribution in [3.05, 3.63) is 103 Å². The van der Waals surface area contributed by atoms with E-state index in [9.17, 15) is 4.79 Å². The molecule has 3 aromatic carbocycles. The third-order valence-electron chi connectivity index (χ3n) is 5.05. The Morgan fingerprint density at radius 1 is 0.818 bits per heavy atom. The number of thiocarbonyl (C=S) groups is 1. The number of anilines is 1. The van der Waals surface area contributed by atoms with Crippen molar-refractivity contribution in [1.29, 1.82) is 0 Å². The van der Waals surface area contributed by atoms with Crippen LogP contribution in [0.1, 0.15) is 10.4 Å². The summed E-state index contributed by atoms with van der Waals surface area (Å²) in [7, 11) is 0. The average molecular weight is 451 g/mol. The van der Waals surface area contributed by atoms with Crippen molar-refractivity contribution in [2.24, 2.45) is 0 Å². The third-order valence-corrected chi connectivity index (χ3v) is 5.26. The zero-order valence-corrected chi connectivity index (χ0v) is 18.2. The Morgan fingerprint density at radius 3 is 2.30 bits per heavy atom. The highest BCUT2D eigenvalue weighted by molar-refractivity contribution is 7.80. The number of carbonyl (C=O) groups is 1. The van der Waals surface area contributed by atoms with Gasteiger partial charge in [0.25, 0.3) is 5.91 Å². The molecular weight excluding hydrogens is 432 g/mol. The summed E-state index contributed by atoms with van der Waals surface area (Å²) in [6, 6.07) is 26.5. The summed E-state index contributed by atoms with van der Waals surface area (Å²) in [6.45, 7) is 0. The van der Waals surface area contributed by atoms with Gasteiger partial charge in [-0.05, 0) is 65.8 Å². The van der Waals surface area contributed by atoms with Crippen LogP contribution >= 0.6 is 12.2 Å². The average Bonchev–Trinajstić information content (AvgIpc) is 3.29. The van der Waals surface area contributed by atoms with E-state index in [-0.39, 0.29) is 11.0 Å². The summed E-state index contributed by atoms with van der Waals surface area (Å²) in [6.07, 6.45) is 3.38. The lowest BCUT2D eigenvalue weighted by Gasteiger charge is -2.10. The van der Waals surface area contributed by atoms with E-state index >= 15 is 0 Å². The smallest absolute Gasteiger partial charge is 0.257 e. The Morgan fingerprint density at radius 2 is 1.55 bits per heavy atom. The normalized spacial score (nSPS) is 10.7. The van der Waals surface area contributed by atoms with Crippen LogP contribution in [0.5, 0.6) is 0 Å². The highest BCUT2D eigenvalue weighted by Crippen LogP contribution is 2.26. The molecule has 2 aromatic heterocycles. The second kappa shape index (κ2) is 9.02. The number of amides is 1. The molecule has 0 saturated heterocycles. The zero-order chi connectivity index (χ0) is 22.6. The second-order valence-corrected chi connectivity index (χ2v) is 7.70. The minimum atomic E-state index is -0.283. The van der Waals surface area contributed by atoms with E-state index in [0.29, 0.717) is 28.2 Å². The first-order valence-corrected chi connectivity index (χ1v) is 10.7. The molecule has 0 aliphatic carbocycles. The van der Waals surface area contributed by atoms with Gasteiger partial charge in [-0.1, -0.05) is 42.5 Å². The fourth-order valence-electron chi connectivity index (χ4n) is 3.41. The summed E-state index contributed by atoms with van der Waals surface area (Å²) in [4.78, 5) is 21.1. The maximum atomic E-state index is 12.6. The van der Waals surface area contributed by atoms with Crippen LogP contribution in [0.25, 0.3) is 33.7 Å². The standard InChI is InChI=1S/C26H18N4O2S/c31-24(19-8-6-18(7-9-19)17-4-2-1-3-5-17)30-26(33)28-21-10-11-23-22(16-21)29-25(32-23)20-12-14-27-15-13-20/h1-16H,(H2,28,30,31,33). The molecule has 5 aromatic rings. The van der Waals surface area contributed by atoms with Gasteiger partial charge in [-0.3, -0.25) is 15.1 Å². The van der Waals surface area contributed by atoms with E-state index < -0.39 is 0 Å². The number of oxazole rings is 1. The van der Waals surface area contributed by atoms with Gasteiger partial charge in [-0.25, -0.2) is 4.98 Å². The molecular formula is C26H18N4O2S. The van der Waals surface area contributed by atoms with E-state index in [1.165, 1.54) is 0 Å². The number of aromatic nitrogens is 2. The second-order valence-electron chi connectivity index (χ2n) is 7.29. The number of benzene rings is 3. The van der Waals surface area contributed by atoms with Gasteiger partial charge in [0.05, 0.1) is 0 Å². The van der Waals surface area contributed by atoms with Gasteiger partial charge in [-0.2, -0.15) is 0 Å². The van der Waals surface area contributed by atoms with Gasteiger partial charge in [-0.15, -0.1) is 0 Å². The monoisotopic (exact) mass is 450 g/mol. The van der Waals surface area contributed by atoms with Crippen LogP contribution in [0.15, 0.2) is 102 Å². The number of carbonyl (C=O) groups excluding carboxylic acids is 1. The molecule has 160 valence electrons. The first-order chi connectivity index (χ1) is 16.2. The van der Waals surface area contributed by atoms with E-state index in [4.69, 9.17) is 16.6 Å². The highest BCUT2D eigenvalue weighted by atomic mass is 32.1. The maximum Gasteiger partial charge on any atom is 0.257 e. The Kier molecular flexibility index (Phi) is 5.61. The van der Waals surface area contributed by atoms with Gasteiger partial charge >= 0.3 is 0 Å². The lowest BCUT2D eigenvalue weighted by Crippen LogP contribution is -2.34. The van der Waals surface area contributed by atoms with Gasteiger partial charge in [0.15, 0.2) is 10.7 Å². The van der Waals surface area contributed by atoms with E-state index in [0.717, 1.165) is 16.7 Å². The molecule has 33 heavy (non-hydrogen) atoms. The number of pyridine rings is 1. The van der Waals surface area contributed by atoms with E-state index in [1.54, 1.807) is 24.5 Å². The summed E-state index contributed by atoms with van der Waals surface area (Å²) in [5.41, 5.74) is 5.53. The molecule has 0 bridgehead atoms. The van der Waals surface area contributed by atoms with Gasteiger partial charge in [0, 0.05) is 29.2 Å². The fourth-order valence-corrected chi connectivity index (χ4v) is 3.62. The van der Waals surface area contributed by atoms with E-state index in [1.807, 2.05) is 72.8 Å². The van der Waals surface area contributed by atoms with Crippen molar-refractivity contribution < 1.29 is 9.21 Å². The summed E-state index contributed by atoms with van der Waals surface area (Å²) < 4.78 is 5.81. The molecule has 1 amide bonds. The predicted octanol–water partition coefficient (Wildman–Crippen LogP) is 5.68. The molecule has 0 spiro atoms. The Bertz CT molecular complexity index is 1430. The predicted molar refractivity (Wildman–Crippen MR) is 133 cm³/mol.